The topological polar surface area (TPSA) is 100 Å². The summed E-state index contributed by atoms with van der Waals surface area (Å²) in [4.78, 5) is 24.9. The fourth-order valence-corrected chi connectivity index (χ4v) is 3.20. The number of thiol groups is 1. The van der Waals surface area contributed by atoms with Crippen molar-refractivity contribution in [3.8, 4) is 17.2 Å². The molecule has 10 heteroatoms. The summed E-state index contributed by atoms with van der Waals surface area (Å²) in [5.41, 5.74) is 1.63. The van der Waals surface area contributed by atoms with E-state index in [1.165, 1.54) is 32.4 Å². The van der Waals surface area contributed by atoms with Gasteiger partial charge in [0.1, 0.15) is 17.2 Å². The summed E-state index contributed by atoms with van der Waals surface area (Å²) >= 11 is 10.4. The van der Waals surface area contributed by atoms with Crippen LogP contribution in [0, 0.1) is 0 Å². The van der Waals surface area contributed by atoms with E-state index in [1.807, 2.05) is 0 Å². The van der Waals surface area contributed by atoms with E-state index in [-0.39, 0.29) is 11.7 Å². The van der Waals surface area contributed by atoms with Gasteiger partial charge in [-0.3, -0.25) is 4.79 Å². The summed E-state index contributed by atoms with van der Waals surface area (Å²) in [6.45, 7) is 0. The fourth-order valence-electron chi connectivity index (χ4n) is 2.78. The molecule has 0 spiro atoms. The van der Waals surface area contributed by atoms with Gasteiger partial charge in [-0.05, 0) is 48.5 Å². The molecule has 0 radical (unpaired) electrons. The number of carbonyl (C=O) groups is 2. The Morgan fingerprint density at radius 2 is 1.66 bits per heavy atom. The first-order valence-corrected chi connectivity index (χ1v) is 10.0. The molecular weight excluding hydrogens is 454 g/mol. The number of nitrogens with one attached hydrogen (secondary N) is 2. The standard InChI is InChI=1S/C22H20ClN3O5S/c1-30-19-12-20(31-2)18(11-17(19)23)25-22(29)26(32)15-8-6-14(7-9-15)24-21(28)13-4-3-5-16(27)10-13/h3-12,27,32H,1-2H3,(H,24,28)(H,25,29). The first-order valence-electron chi connectivity index (χ1n) is 9.24. The average Bonchev–Trinajstić information content (AvgIpc) is 2.79. The fraction of sp³-hybridized carbons (Fsp3) is 0.0909. The Morgan fingerprint density at radius 3 is 2.28 bits per heavy atom. The molecule has 0 fully saturated rings. The SMILES string of the molecule is COc1cc(OC)c(NC(=O)N(S)c2ccc(NC(=O)c3cccc(O)c3)cc2)cc1Cl. The monoisotopic (exact) mass is 473 g/mol. The Kier molecular flexibility index (Phi) is 7.34. The predicted octanol–water partition coefficient (Wildman–Crippen LogP) is 5.20. The second-order valence-corrected chi connectivity index (χ2v) is 7.29. The lowest BCUT2D eigenvalue weighted by Gasteiger charge is -2.19. The van der Waals surface area contributed by atoms with Crippen LogP contribution < -0.4 is 24.4 Å². The highest BCUT2D eigenvalue weighted by atomic mass is 35.5. The van der Waals surface area contributed by atoms with Crippen molar-refractivity contribution in [2.24, 2.45) is 0 Å². The first kappa shape index (κ1) is 23.1. The van der Waals surface area contributed by atoms with Crippen LogP contribution >= 0.6 is 24.4 Å². The van der Waals surface area contributed by atoms with Crippen molar-refractivity contribution < 1.29 is 24.2 Å². The largest absolute Gasteiger partial charge is 0.508 e. The molecule has 3 rings (SSSR count). The van der Waals surface area contributed by atoms with Crippen LogP contribution in [0.4, 0.5) is 21.9 Å². The van der Waals surface area contributed by atoms with Gasteiger partial charge in [-0.1, -0.05) is 30.5 Å². The minimum absolute atomic E-state index is 0.000459. The van der Waals surface area contributed by atoms with E-state index in [4.69, 9.17) is 21.1 Å². The Labute approximate surface area is 195 Å². The Bertz CT molecular complexity index is 1140. The maximum absolute atomic E-state index is 12.6. The number of aromatic hydroxyl groups is 1. The van der Waals surface area contributed by atoms with Crippen LogP contribution in [0.25, 0.3) is 0 Å². The van der Waals surface area contributed by atoms with Crippen LogP contribution in [0.1, 0.15) is 10.4 Å². The summed E-state index contributed by atoms with van der Waals surface area (Å²) < 4.78 is 11.5. The number of hydrogen-bond donors (Lipinski definition) is 4. The number of urea groups is 1. The van der Waals surface area contributed by atoms with E-state index < -0.39 is 6.03 Å². The Morgan fingerprint density at radius 1 is 0.969 bits per heavy atom. The van der Waals surface area contributed by atoms with Crippen LogP contribution in [0.5, 0.6) is 17.2 Å². The highest BCUT2D eigenvalue weighted by Crippen LogP contribution is 2.36. The van der Waals surface area contributed by atoms with Crippen molar-refractivity contribution in [2.75, 3.05) is 29.2 Å². The average molecular weight is 474 g/mol. The van der Waals surface area contributed by atoms with Crippen molar-refractivity contribution in [3.63, 3.8) is 0 Å². The molecule has 0 atom stereocenters. The van der Waals surface area contributed by atoms with Gasteiger partial charge in [0, 0.05) is 17.3 Å². The van der Waals surface area contributed by atoms with Gasteiger partial charge < -0.3 is 25.2 Å². The quantitative estimate of drug-likeness (QED) is 0.369. The molecule has 0 unspecified atom stereocenters. The third kappa shape index (κ3) is 5.37. The van der Waals surface area contributed by atoms with Crippen molar-refractivity contribution in [1.29, 1.82) is 0 Å². The van der Waals surface area contributed by atoms with Crippen LogP contribution in [-0.4, -0.2) is 31.3 Å². The van der Waals surface area contributed by atoms with Gasteiger partial charge in [0.15, 0.2) is 0 Å². The minimum Gasteiger partial charge on any atom is -0.508 e. The number of phenols is 1. The Hall–Kier alpha value is -3.56. The van der Waals surface area contributed by atoms with Gasteiger partial charge >= 0.3 is 6.03 Å². The highest BCUT2D eigenvalue weighted by molar-refractivity contribution is 7.82. The number of benzene rings is 3. The van der Waals surface area contributed by atoms with Gasteiger partial charge in [-0.15, -0.1) is 0 Å². The predicted molar refractivity (Wildman–Crippen MR) is 128 cm³/mol. The molecule has 3 aromatic rings. The lowest BCUT2D eigenvalue weighted by atomic mass is 10.2. The second kappa shape index (κ2) is 10.2. The van der Waals surface area contributed by atoms with E-state index in [9.17, 15) is 14.7 Å². The number of halogens is 1. The van der Waals surface area contributed by atoms with E-state index in [0.29, 0.717) is 39.1 Å². The molecular formula is C22H20ClN3O5S. The third-order valence-corrected chi connectivity index (χ3v) is 5.09. The molecule has 3 amide bonds. The third-order valence-electron chi connectivity index (χ3n) is 4.39. The number of ether oxygens (including phenoxy) is 2. The van der Waals surface area contributed by atoms with E-state index in [1.54, 1.807) is 42.5 Å². The normalized spacial score (nSPS) is 10.2. The molecule has 166 valence electrons. The first-order chi connectivity index (χ1) is 15.3. The summed E-state index contributed by atoms with van der Waals surface area (Å²) in [5, 5.41) is 15.2. The van der Waals surface area contributed by atoms with E-state index in [2.05, 4.69) is 23.4 Å². The molecule has 0 bridgehead atoms. The molecule has 3 N–H and O–H groups in total. The minimum atomic E-state index is -0.551. The summed E-state index contributed by atoms with van der Waals surface area (Å²) in [7, 11) is 2.94. The van der Waals surface area contributed by atoms with Gasteiger partial charge in [0.25, 0.3) is 5.91 Å². The lowest BCUT2D eigenvalue weighted by Crippen LogP contribution is -2.27. The smallest absolute Gasteiger partial charge is 0.336 e. The zero-order valence-electron chi connectivity index (χ0n) is 17.1. The number of anilines is 3. The van der Waals surface area contributed by atoms with Gasteiger partial charge in [0.05, 0.1) is 30.6 Å². The second-order valence-electron chi connectivity index (χ2n) is 6.48. The number of phenolic OH excluding ortho intramolecular Hbond substituents is 1. The number of amides is 3. The van der Waals surface area contributed by atoms with Crippen LogP contribution in [0.2, 0.25) is 5.02 Å². The van der Waals surface area contributed by atoms with Crippen molar-refractivity contribution in [3.05, 3.63) is 71.2 Å². The van der Waals surface area contributed by atoms with Gasteiger partial charge in [-0.25, -0.2) is 9.10 Å². The lowest BCUT2D eigenvalue weighted by molar-refractivity contribution is 0.102. The van der Waals surface area contributed by atoms with Crippen molar-refractivity contribution >= 4 is 53.4 Å². The van der Waals surface area contributed by atoms with Crippen LogP contribution in [-0.2, 0) is 0 Å². The highest BCUT2D eigenvalue weighted by Gasteiger charge is 2.17. The molecule has 0 saturated carbocycles. The molecule has 32 heavy (non-hydrogen) atoms. The zero-order valence-corrected chi connectivity index (χ0v) is 18.8. The number of rotatable bonds is 6. The van der Waals surface area contributed by atoms with Gasteiger partial charge in [0.2, 0.25) is 0 Å². The van der Waals surface area contributed by atoms with E-state index >= 15 is 0 Å². The molecule has 0 aliphatic heterocycles. The number of methoxy groups -OCH3 is 2. The van der Waals surface area contributed by atoms with E-state index in [0.717, 1.165) is 4.31 Å². The summed E-state index contributed by atoms with van der Waals surface area (Å²) in [5.74, 6) is 0.399. The van der Waals surface area contributed by atoms with Crippen molar-refractivity contribution in [1.82, 2.24) is 0 Å². The Balaban J connectivity index is 1.69. The van der Waals surface area contributed by atoms with Crippen LogP contribution in [0.3, 0.4) is 0 Å². The maximum Gasteiger partial charge on any atom is 0.336 e. The molecule has 0 aliphatic carbocycles. The molecule has 3 aromatic carbocycles. The summed E-state index contributed by atoms with van der Waals surface area (Å²) in [6.07, 6.45) is 0. The molecule has 0 heterocycles. The molecule has 0 saturated heterocycles. The molecule has 0 aliphatic rings. The van der Waals surface area contributed by atoms with Gasteiger partial charge in [-0.2, -0.15) is 0 Å². The number of carbonyl (C=O) groups excluding carboxylic acids is 2. The molecule has 0 aromatic heterocycles. The maximum atomic E-state index is 12.6. The summed E-state index contributed by atoms with van der Waals surface area (Å²) in [6, 6.07) is 15.0. The number of nitrogens with zero attached hydrogens (tertiary/aromatic N) is 1. The zero-order chi connectivity index (χ0) is 23.3. The molecule has 8 nitrogen and oxygen atoms in total. The number of hydrogen-bond acceptors (Lipinski definition) is 6. The van der Waals surface area contributed by atoms with Crippen molar-refractivity contribution in [2.45, 2.75) is 0 Å². The van der Waals surface area contributed by atoms with Crippen LogP contribution in [0.15, 0.2) is 60.7 Å².